The molecule has 1 amide bonds. The van der Waals surface area contributed by atoms with Gasteiger partial charge in [-0.3, -0.25) is 4.79 Å². The van der Waals surface area contributed by atoms with E-state index >= 15 is 0 Å². The molecule has 0 fully saturated rings. The second-order valence-electron chi connectivity index (χ2n) is 4.11. The minimum atomic E-state index is -4.44. The van der Waals surface area contributed by atoms with Gasteiger partial charge in [-0.2, -0.15) is 13.2 Å². The first-order valence-corrected chi connectivity index (χ1v) is 6.59. The van der Waals surface area contributed by atoms with Crippen LogP contribution in [0.5, 0.6) is 0 Å². The predicted octanol–water partition coefficient (Wildman–Crippen LogP) is 1.87. The van der Waals surface area contributed by atoms with Crippen molar-refractivity contribution >= 4 is 17.7 Å². The number of aromatic nitrogens is 3. The Morgan fingerprint density at radius 3 is 2.75 bits per heavy atom. The van der Waals surface area contributed by atoms with Crippen LogP contribution in [0.2, 0.25) is 0 Å². The molecule has 1 aromatic rings. The van der Waals surface area contributed by atoms with Crippen LogP contribution in [0.15, 0.2) is 24.1 Å². The number of amides is 1. The van der Waals surface area contributed by atoms with E-state index in [9.17, 15) is 18.0 Å². The van der Waals surface area contributed by atoms with Crippen LogP contribution in [0.1, 0.15) is 6.92 Å². The molecule has 5 nitrogen and oxygen atoms in total. The molecule has 20 heavy (non-hydrogen) atoms. The number of thioether (sulfide) groups is 1. The molecule has 1 heterocycles. The summed E-state index contributed by atoms with van der Waals surface area (Å²) in [6.45, 7) is 3.46. The van der Waals surface area contributed by atoms with Gasteiger partial charge in [0.1, 0.15) is 12.9 Å². The van der Waals surface area contributed by atoms with Gasteiger partial charge in [0.2, 0.25) is 5.91 Å². The first-order valence-electron chi connectivity index (χ1n) is 5.71. The van der Waals surface area contributed by atoms with Crippen LogP contribution < -0.4 is 0 Å². The summed E-state index contributed by atoms with van der Waals surface area (Å²) in [5.74, 6) is -0.616. The van der Waals surface area contributed by atoms with E-state index in [1.165, 1.54) is 19.3 Å². The predicted molar refractivity (Wildman–Crippen MR) is 69.2 cm³/mol. The summed E-state index contributed by atoms with van der Waals surface area (Å²) in [5.41, 5.74) is 0. The Kier molecular flexibility index (Phi) is 5.61. The summed E-state index contributed by atoms with van der Waals surface area (Å²) >= 11 is 1.06. The van der Waals surface area contributed by atoms with Gasteiger partial charge in [-0.25, -0.2) is 0 Å². The van der Waals surface area contributed by atoms with E-state index in [1.807, 2.05) is 0 Å². The minimum absolute atomic E-state index is 0.151. The van der Waals surface area contributed by atoms with E-state index in [1.54, 1.807) is 11.6 Å². The molecule has 0 saturated carbocycles. The number of carbonyl (C=O) groups excluding carboxylic acids is 1. The zero-order valence-electron chi connectivity index (χ0n) is 11.1. The van der Waals surface area contributed by atoms with Gasteiger partial charge in [-0.15, -0.1) is 16.8 Å². The van der Waals surface area contributed by atoms with Crippen LogP contribution >= 0.6 is 11.8 Å². The van der Waals surface area contributed by atoms with Crippen LogP contribution in [0.3, 0.4) is 0 Å². The Balaban J connectivity index is 2.73. The number of nitrogens with zero attached hydrogens (tertiary/aromatic N) is 4. The lowest BCUT2D eigenvalue weighted by Crippen LogP contribution is -2.42. The fraction of sp³-hybridized carbons (Fsp3) is 0.545. The third-order valence-electron chi connectivity index (χ3n) is 2.33. The van der Waals surface area contributed by atoms with Crippen molar-refractivity contribution in [1.29, 1.82) is 0 Å². The zero-order valence-corrected chi connectivity index (χ0v) is 11.9. The second kappa shape index (κ2) is 6.78. The first-order chi connectivity index (χ1) is 9.24. The second-order valence-corrected chi connectivity index (χ2v) is 5.42. The number of aryl methyl sites for hydroxylation is 1. The molecule has 0 aromatic carbocycles. The van der Waals surface area contributed by atoms with Crippen molar-refractivity contribution in [2.75, 3.05) is 13.1 Å². The van der Waals surface area contributed by atoms with Gasteiger partial charge < -0.3 is 9.47 Å². The van der Waals surface area contributed by atoms with Crippen molar-refractivity contribution in [3.8, 4) is 0 Å². The topological polar surface area (TPSA) is 51.0 Å². The highest BCUT2D eigenvalue weighted by atomic mass is 32.2. The molecule has 0 aliphatic heterocycles. The van der Waals surface area contributed by atoms with Crippen molar-refractivity contribution in [1.82, 2.24) is 19.7 Å². The van der Waals surface area contributed by atoms with Crippen molar-refractivity contribution < 1.29 is 18.0 Å². The Bertz CT molecular complexity index is 474. The molecule has 1 unspecified atom stereocenters. The molecule has 0 radical (unpaired) electrons. The zero-order chi connectivity index (χ0) is 15.3. The lowest BCUT2D eigenvalue weighted by Gasteiger charge is -2.25. The Morgan fingerprint density at radius 1 is 1.65 bits per heavy atom. The van der Waals surface area contributed by atoms with Gasteiger partial charge >= 0.3 is 6.18 Å². The third-order valence-corrected chi connectivity index (χ3v) is 3.47. The highest BCUT2D eigenvalue weighted by molar-refractivity contribution is 8.00. The summed E-state index contributed by atoms with van der Waals surface area (Å²) < 4.78 is 38.9. The number of alkyl halides is 3. The SMILES string of the molecule is C=CCN(CC(F)(F)F)C(=O)C(C)Sc1nncn1C. The maximum atomic E-state index is 12.4. The number of halogens is 3. The largest absolute Gasteiger partial charge is 0.406 e. The molecular weight excluding hydrogens is 293 g/mol. The number of rotatable bonds is 6. The fourth-order valence-electron chi connectivity index (χ4n) is 1.45. The van der Waals surface area contributed by atoms with Gasteiger partial charge in [-0.05, 0) is 6.92 Å². The molecule has 0 N–H and O–H groups in total. The van der Waals surface area contributed by atoms with Crippen LogP contribution in [-0.2, 0) is 11.8 Å². The average Bonchev–Trinajstić information content (AvgIpc) is 2.72. The molecule has 0 saturated heterocycles. The number of hydrogen-bond donors (Lipinski definition) is 0. The van der Waals surface area contributed by atoms with Crippen molar-refractivity contribution in [2.24, 2.45) is 7.05 Å². The smallest absolute Gasteiger partial charge is 0.329 e. The Hall–Kier alpha value is -1.51. The van der Waals surface area contributed by atoms with Crippen LogP contribution in [0, 0.1) is 0 Å². The molecule has 0 bridgehead atoms. The molecule has 1 aromatic heterocycles. The molecule has 0 aliphatic rings. The van der Waals surface area contributed by atoms with E-state index in [0.717, 1.165) is 16.7 Å². The molecule has 1 atom stereocenters. The normalized spacial score (nSPS) is 13.1. The molecular formula is C11H15F3N4OS. The summed E-state index contributed by atoms with van der Waals surface area (Å²) in [5, 5.41) is 7.20. The summed E-state index contributed by atoms with van der Waals surface area (Å²) in [4.78, 5) is 12.8. The lowest BCUT2D eigenvalue weighted by molar-refractivity contribution is -0.159. The van der Waals surface area contributed by atoms with E-state index in [0.29, 0.717) is 5.16 Å². The summed E-state index contributed by atoms with van der Waals surface area (Å²) in [6.07, 6.45) is -1.71. The number of carbonyl (C=O) groups is 1. The van der Waals surface area contributed by atoms with Crippen LogP contribution in [0.25, 0.3) is 0 Å². The molecule has 112 valence electrons. The van der Waals surface area contributed by atoms with Gasteiger partial charge in [0.25, 0.3) is 0 Å². The Labute approximate surface area is 118 Å². The molecule has 0 aliphatic carbocycles. The average molecular weight is 308 g/mol. The van der Waals surface area contributed by atoms with E-state index < -0.39 is 23.9 Å². The maximum Gasteiger partial charge on any atom is 0.406 e. The van der Waals surface area contributed by atoms with Gasteiger partial charge in [0.05, 0.1) is 5.25 Å². The summed E-state index contributed by atoms with van der Waals surface area (Å²) in [6, 6.07) is 0. The van der Waals surface area contributed by atoms with Gasteiger partial charge in [0, 0.05) is 13.6 Å². The van der Waals surface area contributed by atoms with Gasteiger partial charge in [0.15, 0.2) is 5.16 Å². The van der Waals surface area contributed by atoms with Crippen molar-refractivity contribution in [2.45, 2.75) is 23.5 Å². The van der Waals surface area contributed by atoms with Crippen molar-refractivity contribution in [3.63, 3.8) is 0 Å². The summed E-state index contributed by atoms with van der Waals surface area (Å²) in [7, 11) is 1.69. The van der Waals surface area contributed by atoms with Gasteiger partial charge in [-0.1, -0.05) is 17.8 Å². The van der Waals surface area contributed by atoms with E-state index in [2.05, 4.69) is 16.8 Å². The third kappa shape index (κ3) is 4.87. The minimum Gasteiger partial charge on any atom is -0.329 e. The van der Waals surface area contributed by atoms with Crippen LogP contribution in [-0.4, -0.2) is 50.1 Å². The quantitative estimate of drug-likeness (QED) is 0.595. The van der Waals surface area contributed by atoms with E-state index in [4.69, 9.17) is 0 Å². The van der Waals surface area contributed by atoms with Crippen molar-refractivity contribution in [3.05, 3.63) is 19.0 Å². The maximum absolute atomic E-state index is 12.4. The number of hydrogen-bond acceptors (Lipinski definition) is 4. The highest BCUT2D eigenvalue weighted by Gasteiger charge is 2.34. The molecule has 1 rings (SSSR count). The fourth-order valence-corrected chi connectivity index (χ4v) is 2.32. The molecule has 9 heteroatoms. The first kappa shape index (κ1) is 16.5. The Morgan fingerprint density at radius 2 is 2.30 bits per heavy atom. The highest BCUT2D eigenvalue weighted by Crippen LogP contribution is 2.23. The van der Waals surface area contributed by atoms with E-state index in [-0.39, 0.29) is 6.54 Å². The standard InChI is InChI=1S/C11H15F3N4OS/c1-4-5-18(6-11(12,13)14)9(19)8(2)20-10-16-15-7-17(10)3/h4,7-8H,1,5-6H2,2-3H3. The lowest BCUT2D eigenvalue weighted by atomic mass is 10.3. The monoisotopic (exact) mass is 308 g/mol. The molecule has 0 spiro atoms. The van der Waals surface area contributed by atoms with Crippen LogP contribution in [0.4, 0.5) is 13.2 Å².